The SMILES string of the molecule is Brc1ccc2[nH]ncc2c1.CCl.Cn1cc2cc(Br)ccc2n1.Cn1ncc2cc(Br)ccc21.Cn1ncc2cc(C=O)ccc21.NO.O=Cc1cc(Br)ccc1F. The average molecular weight is 1070 g/mol. The summed E-state index contributed by atoms with van der Waals surface area (Å²) in [4.78, 5) is 20.5. The number of aldehydes is 2. The number of H-pyrrole nitrogens is 1. The molecular formula is C40H37Br4ClFN9O3. The Balaban J connectivity index is 0.000000190. The van der Waals surface area contributed by atoms with Crippen LogP contribution in [0.2, 0.25) is 0 Å². The smallest absolute Gasteiger partial charge is 0.153 e. The van der Waals surface area contributed by atoms with E-state index in [1.54, 1.807) is 29.2 Å². The third-order valence-corrected chi connectivity index (χ3v) is 9.66. The topological polar surface area (TPSA) is 163 Å². The fourth-order valence-corrected chi connectivity index (χ4v) is 6.54. The average Bonchev–Trinajstić information content (AvgIpc) is 4.04. The van der Waals surface area contributed by atoms with Crippen LogP contribution in [0.4, 0.5) is 4.39 Å². The molecule has 0 radical (unpaired) electrons. The Morgan fingerprint density at radius 3 is 1.78 bits per heavy atom. The maximum atomic E-state index is 12.5. The largest absolute Gasteiger partial charge is 0.320 e. The quantitative estimate of drug-likeness (QED) is 0.0875. The molecule has 12 nitrogen and oxygen atoms in total. The Kier molecular flexibility index (Phi) is 20.0. The predicted octanol–water partition coefficient (Wildman–Crippen LogP) is 11.0. The van der Waals surface area contributed by atoms with E-state index < -0.39 is 5.82 Å². The number of nitrogens with zero attached hydrogens (tertiary/aromatic N) is 7. The van der Waals surface area contributed by atoms with Crippen LogP contribution in [0.15, 0.2) is 134 Å². The van der Waals surface area contributed by atoms with E-state index in [1.807, 2.05) is 97.5 Å². The van der Waals surface area contributed by atoms with Crippen molar-refractivity contribution in [3.63, 3.8) is 0 Å². The van der Waals surface area contributed by atoms with Crippen molar-refractivity contribution in [1.29, 1.82) is 0 Å². The molecule has 9 rings (SSSR count). The van der Waals surface area contributed by atoms with Gasteiger partial charge in [-0.25, -0.2) is 10.3 Å². The lowest BCUT2D eigenvalue weighted by Gasteiger charge is -1.93. The van der Waals surface area contributed by atoms with E-state index in [1.165, 1.54) is 29.3 Å². The van der Waals surface area contributed by atoms with Crippen molar-refractivity contribution >= 4 is 132 Å². The summed E-state index contributed by atoms with van der Waals surface area (Å²) in [7, 11) is 5.74. The number of carbonyl (C=O) groups excluding carboxylic acids is 2. The highest BCUT2D eigenvalue weighted by Gasteiger charge is 2.01. The zero-order chi connectivity index (χ0) is 42.8. The van der Waals surface area contributed by atoms with Crippen molar-refractivity contribution in [3.8, 4) is 0 Å². The molecule has 4 aromatic heterocycles. The number of alkyl halides is 1. The van der Waals surface area contributed by atoms with Crippen molar-refractivity contribution in [1.82, 2.24) is 39.5 Å². The summed E-state index contributed by atoms with van der Waals surface area (Å²) in [5.41, 5.74) is 5.08. The Bertz CT molecular complexity index is 2690. The molecule has 0 saturated carbocycles. The summed E-state index contributed by atoms with van der Waals surface area (Å²) < 4.78 is 22.0. The molecule has 58 heavy (non-hydrogen) atoms. The van der Waals surface area contributed by atoms with Crippen molar-refractivity contribution in [2.45, 2.75) is 0 Å². The molecule has 0 unspecified atom stereocenters. The fraction of sp³-hybridized carbons (Fsp3) is 0.100. The molecule has 302 valence electrons. The van der Waals surface area contributed by atoms with E-state index in [0.29, 0.717) is 16.3 Å². The van der Waals surface area contributed by atoms with Crippen molar-refractivity contribution in [2.75, 3.05) is 6.38 Å². The molecular weight excluding hydrogens is 1030 g/mol. The molecule has 0 saturated heterocycles. The maximum absolute atomic E-state index is 12.5. The number of aromatic nitrogens is 8. The normalized spacial score (nSPS) is 9.86. The number of aryl methyl sites for hydroxylation is 3. The first-order chi connectivity index (χ1) is 27.9. The van der Waals surface area contributed by atoms with Crippen LogP contribution < -0.4 is 5.90 Å². The zero-order valence-electron chi connectivity index (χ0n) is 31.4. The highest BCUT2D eigenvalue weighted by atomic mass is 79.9. The minimum absolute atomic E-state index is 0.0781. The molecule has 4 heterocycles. The number of fused-ring (bicyclic) bond motifs is 4. The van der Waals surface area contributed by atoms with Crippen molar-refractivity contribution in [2.24, 2.45) is 27.0 Å². The van der Waals surface area contributed by atoms with Gasteiger partial charge in [-0.2, -0.15) is 20.4 Å². The van der Waals surface area contributed by atoms with Gasteiger partial charge in [0.05, 0.1) is 46.2 Å². The van der Waals surface area contributed by atoms with Crippen molar-refractivity contribution < 1.29 is 19.2 Å². The van der Waals surface area contributed by atoms with Gasteiger partial charge >= 0.3 is 0 Å². The first-order valence-electron chi connectivity index (χ1n) is 16.6. The summed E-state index contributed by atoms with van der Waals surface area (Å²) >= 11 is 17.9. The molecule has 0 aliphatic heterocycles. The van der Waals surface area contributed by atoms with Crippen LogP contribution >= 0.6 is 75.3 Å². The van der Waals surface area contributed by atoms with E-state index in [-0.39, 0.29) is 5.56 Å². The molecule has 0 fully saturated rings. The molecule has 5 aromatic carbocycles. The summed E-state index contributed by atoms with van der Waals surface area (Å²) in [5.74, 6) is 3.01. The van der Waals surface area contributed by atoms with E-state index in [0.717, 1.165) is 52.5 Å². The Morgan fingerprint density at radius 1 is 0.655 bits per heavy atom. The van der Waals surface area contributed by atoms with Crippen LogP contribution in [0.3, 0.4) is 0 Å². The minimum Gasteiger partial charge on any atom is -0.320 e. The van der Waals surface area contributed by atoms with Gasteiger partial charge in [-0.15, -0.1) is 11.6 Å². The van der Waals surface area contributed by atoms with E-state index in [2.05, 4.69) is 119 Å². The molecule has 0 amide bonds. The van der Waals surface area contributed by atoms with Gasteiger partial charge in [0.1, 0.15) is 12.1 Å². The van der Waals surface area contributed by atoms with Crippen LogP contribution in [-0.2, 0) is 21.1 Å². The van der Waals surface area contributed by atoms with Gasteiger partial charge in [0.15, 0.2) is 6.29 Å². The van der Waals surface area contributed by atoms with Gasteiger partial charge in [0.25, 0.3) is 0 Å². The van der Waals surface area contributed by atoms with Gasteiger partial charge in [0.2, 0.25) is 0 Å². The third kappa shape index (κ3) is 14.0. The second-order valence-corrected chi connectivity index (χ2v) is 15.2. The first kappa shape index (κ1) is 47.8. The second kappa shape index (κ2) is 24.3. The van der Waals surface area contributed by atoms with Crippen LogP contribution in [0.1, 0.15) is 20.7 Å². The van der Waals surface area contributed by atoms with E-state index in [4.69, 9.17) is 5.21 Å². The Hall–Kier alpha value is -4.62. The Morgan fingerprint density at radius 2 is 1.17 bits per heavy atom. The van der Waals surface area contributed by atoms with Crippen LogP contribution in [0.25, 0.3) is 43.6 Å². The molecule has 9 aromatic rings. The molecule has 4 N–H and O–H groups in total. The molecule has 0 bridgehead atoms. The second-order valence-electron chi connectivity index (χ2n) is 11.6. The monoisotopic (exact) mass is 1060 g/mol. The highest BCUT2D eigenvalue weighted by Crippen LogP contribution is 2.20. The molecule has 18 heteroatoms. The van der Waals surface area contributed by atoms with Gasteiger partial charge < -0.3 is 5.21 Å². The number of nitrogens with two attached hydrogens (primary N) is 1. The minimum atomic E-state index is -0.488. The molecule has 0 aliphatic rings. The lowest BCUT2D eigenvalue weighted by Crippen LogP contribution is -1.88. The zero-order valence-corrected chi connectivity index (χ0v) is 38.5. The van der Waals surface area contributed by atoms with Crippen molar-refractivity contribution in [3.05, 3.63) is 151 Å². The Labute approximate surface area is 371 Å². The standard InChI is InChI=1S/C9H8N2O.2C8H7BrN2.C7H4BrFO.C7H5BrN2.CH3Cl.H3NO/c1-11-9-3-2-7(6-12)4-8(9)5-10-11;1-11-5-6-4-7(9)2-3-8(6)10-11;1-11-8-3-2-7(9)4-6(8)5-10-11;8-6-1-2-7(9)5(3-6)4-10;8-6-1-2-7-5(3-6)4-9-10-7;2*1-2/h2-6H,1H3;2*2-5H,1H3;1-4H;1-4H,(H,9,10);1H3;2H,1H2. The lowest BCUT2D eigenvalue weighted by molar-refractivity contribution is 0.111. The van der Waals surface area contributed by atoms with Crippen LogP contribution in [-0.4, -0.2) is 63.7 Å². The predicted molar refractivity (Wildman–Crippen MR) is 244 cm³/mol. The molecule has 0 spiro atoms. The first-order valence-corrected chi connectivity index (χ1v) is 20.5. The summed E-state index contributed by atoms with van der Waals surface area (Å²) in [5, 5.41) is 30.2. The van der Waals surface area contributed by atoms with Crippen LogP contribution in [0.5, 0.6) is 0 Å². The highest BCUT2D eigenvalue weighted by molar-refractivity contribution is 9.11. The summed E-state index contributed by atoms with van der Waals surface area (Å²) in [6.07, 6.45) is 10.2. The number of benzene rings is 5. The number of carbonyl (C=O) groups is 2. The van der Waals surface area contributed by atoms with Gasteiger partial charge in [-0.1, -0.05) is 63.7 Å². The number of nitrogens with one attached hydrogen (secondary N) is 1. The number of halogens is 6. The number of hydrogen-bond acceptors (Lipinski definition) is 8. The summed E-state index contributed by atoms with van der Waals surface area (Å²) in [6, 6.07) is 27.9. The lowest BCUT2D eigenvalue weighted by atomic mass is 10.2. The maximum Gasteiger partial charge on any atom is 0.153 e. The number of aromatic amines is 1. The van der Waals surface area contributed by atoms with Gasteiger partial charge in [-0.05, 0) is 91.0 Å². The van der Waals surface area contributed by atoms with E-state index >= 15 is 0 Å². The van der Waals surface area contributed by atoms with Gasteiger partial charge in [-0.3, -0.25) is 28.7 Å². The molecule has 0 atom stereocenters. The van der Waals surface area contributed by atoms with E-state index in [9.17, 15) is 14.0 Å². The van der Waals surface area contributed by atoms with Crippen LogP contribution in [0, 0.1) is 5.82 Å². The summed E-state index contributed by atoms with van der Waals surface area (Å²) in [6.45, 7) is 0. The number of rotatable bonds is 2. The molecule has 0 aliphatic carbocycles. The van der Waals surface area contributed by atoms with Gasteiger partial charge in [0, 0.05) is 78.7 Å². The fourth-order valence-electron chi connectivity index (χ4n) is 5.03. The number of hydrogen-bond donors (Lipinski definition) is 3. The third-order valence-electron chi connectivity index (χ3n) is 7.68.